The number of hydrogen-bond acceptors (Lipinski definition) is 5. The van der Waals surface area contributed by atoms with E-state index in [4.69, 9.17) is 0 Å². The van der Waals surface area contributed by atoms with Crippen molar-refractivity contribution in [1.29, 1.82) is 0 Å². The van der Waals surface area contributed by atoms with Crippen LogP contribution in [0.5, 0.6) is 0 Å². The summed E-state index contributed by atoms with van der Waals surface area (Å²) < 4.78 is 1.71. The molecular formula is C23H23N5O2S. The van der Waals surface area contributed by atoms with Gasteiger partial charge >= 0.3 is 0 Å². The Morgan fingerprint density at radius 3 is 2.77 bits per heavy atom. The number of nitrogens with one attached hydrogen (secondary N) is 2. The van der Waals surface area contributed by atoms with Gasteiger partial charge in [0.05, 0.1) is 17.6 Å². The maximum Gasteiger partial charge on any atom is 0.255 e. The van der Waals surface area contributed by atoms with Crippen LogP contribution in [0.15, 0.2) is 54.0 Å². The molecule has 1 aromatic carbocycles. The smallest absolute Gasteiger partial charge is 0.255 e. The van der Waals surface area contributed by atoms with Gasteiger partial charge in [0.15, 0.2) is 5.65 Å². The standard InChI is InChI=1S/C23H23N5O2S/c1-15-20-13-18(14-24-22(20)28(2)27-15)26-23(30)16-6-3-7-17(12-16)25-21(29)10-4-8-19-9-5-11-31-19/h3,5-7,9,11-14H,4,8,10H2,1-2H3,(H,25,29)(H,26,30). The summed E-state index contributed by atoms with van der Waals surface area (Å²) in [6.45, 7) is 1.90. The summed E-state index contributed by atoms with van der Waals surface area (Å²) in [4.78, 5) is 30.6. The molecule has 0 aliphatic heterocycles. The number of benzene rings is 1. The fourth-order valence-electron chi connectivity index (χ4n) is 3.42. The van der Waals surface area contributed by atoms with Gasteiger partial charge in [-0.25, -0.2) is 4.98 Å². The maximum atomic E-state index is 12.7. The monoisotopic (exact) mass is 433 g/mol. The molecule has 0 aliphatic carbocycles. The highest BCUT2D eigenvalue weighted by Crippen LogP contribution is 2.20. The van der Waals surface area contributed by atoms with Crippen LogP contribution in [0.2, 0.25) is 0 Å². The molecule has 4 aromatic rings. The first-order valence-electron chi connectivity index (χ1n) is 10.0. The molecule has 0 saturated heterocycles. The molecule has 3 aromatic heterocycles. The molecule has 0 spiro atoms. The fourth-order valence-corrected chi connectivity index (χ4v) is 4.17. The van der Waals surface area contributed by atoms with Gasteiger partial charge in [-0.15, -0.1) is 11.3 Å². The van der Waals surface area contributed by atoms with Gasteiger partial charge in [-0.05, 0) is 55.5 Å². The van der Waals surface area contributed by atoms with Crippen LogP contribution in [0.25, 0.3) is 11.0 Å². The van der Waals surface area contributed by atoms with E-state index in [0.717, 1.165) is 29.6 Å². The van der Waals surface area contributed by atoms with Crippen LogP contribution in [0.4, 0.5) is 11.4 Å². The van der Waals surface area contributed by atoms with Gasteiger partial charge in [-0.3, -0.25) is 14.3 Å². The average Bonchev–Trinajstić information content (AvgIpc) is 3.36. The second-order valence-electron chi connectivity index (χ2n) is 7.32. The molecule has 4 rings (SSSR count). The molecule has 8 heteroatoms. The first-order chi connectivity index (χ1) is 15.0. The second-order valence-corrected chi connectivity index (χ2v) is 8.35. The van der Waals surface area contributed by atoms with Gasteiger partial charge in [0.1, 0.15) is 0 Å². The minimum atomic E-state index is -0.267. The maximum absolute atomic E-state index is 12.7. The lowest BCUT2D eigenvalue weighted by Gasteiger charge is -2.09. The van der Waals surface area contributed by atoms with Crippen LogP contribution < -0.4 is 10.6 Å². The fraction of sp³-hybridized carbons (Fsp3) is 0.217. The lowest BCUT2D eigenvalue weighted by Crippen LogP contribution is -2.14. The molecule has 0 radical (unpaired) electrons. The van der Waals surface area contributed by atoms with Gasteiger partial charge in [0.25, 0.3) is 5.91 Å². The van der Waals surface area contributed by atoms with E-state index in [-0.39, 0.29) is 11.8 Å². The number of hydrogen-bond donors (Lipinski definition) is 2. The van der Waals surface area contributed by atoms with E-state index in [9.17, 15) is 9.59 Å². The Labute approximate surface area is 184 Å². The molecule has 2 N–H and O–H groups in total. The predicted molar refractivity (Wildman–Crippen MR) is 124 cm³/mol. The van der Waals surface area contributed by atoms with Crippen LogP contribution in [0, 0.1) is 6.92 Å². The summed E-state index contributed by atoms with van der Waals surface area (Å²) in [6, 6.07) is 12.9. The third-order valence-corrected chi connectivity index (χ3v) is 5.87. The molecular weight excluding hydrogens is 410 g/mol. The zero-order valence-corrected chi connectivity index (χ0v) is 18.2. The number of carbonyl (C=O) groups is 2. The molecule has 2 amide bonds. The highest BCUT2D eigenvalue weighted by Gasteiger charge is 2.11. The van der Waals surface area contributed by atoms with Crippen molar-refractivity contribution in [2.45, 2.75) is 26.2 Å². The molecule has 7 nitrogen and oxygen atoms in total. The number of carbonyl (C=O) groups excluding carboxylic acids is 2. The number of amides is 2. The second kappa shape index (κ2) is 9.09. The number of aryl methyl sites for hydroxylation is 3. The van der Waals surface area contributed by atoms with E-state index in [1.54, 1.807) is 46.5 Å². The van der Waals surface area contributed by atoms with E-state index in [2.05, 4.69) is 26.8 Å². The average molecular weight is 434 g/mol. The predicted octanol–water partition coefficient (Wildman–Crippen LogP) is 4.55. The molecule has 0 aliphatic rings. The summed E-state index contributed by atoms with van der Waals surface area (Å²) in [5, 5.41) is 13.0. The van der Waals surface area contributed by atoms with Gasteiger partial charge in [-0.1, -0.05) is 12.1 Å². The third kappa shape index (κ3) is 4.97. The van der Waals surface area contributed by atoms with Crippen molar-refractivity contribution in [1.82, 2.24) is 14.8 Å². The first kappa shape index (κ1) is 20.7. The molecule has 0 atom stereocenters. The SMILES string of the molecule is Cc1nn(C)c2ncc(NC(=O)c3cccc(NC(=O)CCCc4cccs4)c3)cc12. The van der Waals surface area contributed by atoms with E-state index in [0.29, 0.717) is 23.4 Å². The van der Waals surface area contributed by atoms with Gasteiger partial charge in [0, 0.05) is 35.0 Å². The van der Waals surface area contributed by atoms with Crippen LogP contribution in [-0.4, -0.2) is 26.6 Å². The zero-order chi connectivity index (χ0) is 21.8. The van der Waals surface area contributed by atoms with Gasteiger partial charge in [0.2, 0.25) is 5.91 Å². The van der Waals surface area contributed by atoms with Crippen molar-refractivity contribution >= 4 is 45.6 Å². The lowest BCUT2D eigenvalue weighted by molar-refractivity contribution is -0.116. The summed E-state index contributed by atoms with van der Waals surface area (Å²) in [7, 11) is 1.84. The third-order valence-electron chi connectivity index (χ3n) is 4.94. The Bertz CT molecular complexity index is 1230. The normalized spacial score (nSPS) is 10.9. The molecule has 3 heterocycles. The van der Waals surface area contributed by atoms with Gasteiger partial charge < -0.3 is 10.6 Å². The number of aromatic nitrogens is 3. The molecule has 0 unspecified atom stereocenters. The molecule has 0 bridgehead atoms. The zero-order valence-electron chi connectivity index (χ0n) is 17.4. The number of anilines is 2. The minimum absolute atomic E-state index is 0.0594. The Balaban J connectivity index is 1.37. The molecule has 158 valence electrons. The molecule has 0 saturated carbocycles. The minimum Gasteiger partial charge on any atom is -0.326 e. The lowest BCUT2D eigenvalue weighted by atomic mass is 10.1. The van der Waals surface area contributed by atoms with E-state index < -0.39 is 0 Å². The highest BCUT2D eigenvalue weighted by atomic mass is 32.1. The van der Waals surface area contributed by atoms with Gasteiger partial charge in [-0.2, -0.15) is 5.10 Å². The van der Waals surface area contributed by atoms with E-state index in [1.165, 1.54) is 4.88 Å². The van der Waals surface area contributed by atoms with E-state index >= 15 is 0 Å². The summed E-state index contributed by atoms with van der Waals surface area (Å²) >= 11 is 1.70. The summed E-state index contributed by atoms with van der Waals surface area (Å²) in [5.74, 6) is -0.327. The van der Waals surface area contributed by atoms with Crippen molar-refractivity contribution in [3.05, 3.63) is 70.2 Å². The Morgan fingerprint density at radius 1 is 1.10 bits per heavy atom. The van der Waals surface area contributed by atoms with Crippen molar-refractivity contribution in [2.75, 3.05) is 10.6 Å². The summed E-state index contributed by atoms with van der Waals surface area (Å²) in [6.07, 6.45) is 3.73. The van der Waals surface area contributed by atoms with Crippen LogP contribution >= 0.6 is 11.3 Å². The van der Waals surface area contributed by atoms with Crippen LogP contribution in [0.1, 0.15) is 33.8 Å². The number of nitrogens with zero attached hydrogens (tertiary/aromatic N) is 3. The number of pyridine rings is 1. The number of rotatable bonds is 7. The Morgan fingerprint density at radius 2 is 1.97 bits per heavy atom. The Hall–Kier alpha value is -3.52. The highest BCUT2D eigenvalue weighted by molar-refractivity contribution is 7.09. The van der Waals surface area contributed by atoms with Crippen molar-refractivity contribution in [2.24, 2.45) is 7.05 Å². The van der Waals surface area contributed by atoms with Crippen molar-refractivity contribution in [3.8, 4) is 0 Å². The van der Waals surface area contributed by atoms with Crippen molar-refractivity contribution < 1.29 is 9.59 Å². The largest absolute Gasteiger partial charge is 0.326 e. The topological polar surface area (TPSA) is 88.9 Å². The van der Waals surface area contributed by atoms with Crippen molar-refractivity contribution in [3.63, 3.8) is 0 Å². The summed E-state index contributed by atoms with van der Waals surface area (Å²) in [5.41, 5.74) is 3.27. The van der Waals surface area contributed by atoms with Crippen LogP contribution in [-0.2, 0) is 18.3 Å². The number of thiophene rings is 1. The molecule has 31 heavy (non-hydrogen) atoms. The number of fused-ring (bicyclic) bond motifs is 1. The molecule has 0 fully saturated rings. The van der Waals surface area contributed by atoms with E-state index in [1.807, 2.05) is 31.5 Å². The first-order valence-corrected chi connectivity index (χ1v) is 10.9. The van der Waals surface area contributed by atoms with Crippen LogP contribution in [0.3, 0.4) is 0 Å². The Kier molecular flexibility index (Phi) is 6.08. The quantitative estimate of drug-likeness (QED) is 0.447.